The van der Waals surface area contributed by atoms with Gasteiger partial charge in [0.2, 0.25) is 0 Å². The zero-order valence-corrected chi connectivity index (χ0v) is 12.4. The Bertz CT molecular complexity index is 407. The van der Waals surface area contributed by atoms with E-state index in [9.17, 15) is 4.79 Å². The van der Waals surface area contributed by atoms with Crippen molar-refractivity contribution in [2.45, 2.75) is 32.9 Å². The molecule has 0 unspecified atom stereocenters. The standard InChI is InChI=1S/C12H20BrN3O2/c1-10(2)18-7-3-4-14-5-6-16-9-15-8-11(13)12(16)17/h8-10,14H,3-7H2,1-2H3. The van der Waals surface area contributed by atoms with Crippen molar-refractivity contribution in [1.82, 2.24) is 14.9 Å². The smallest absolute Gasteiger partial charge is 0.267 e. The van der Waals surface area contributed by atoms with Gasteiger partial charge in [-0.3, -0.25) is 9.36 Å². The number of ether oxygens (including phenoxy) is 1. The minimum absolute atomic E-state index is 0.0464. The molecule has 0 aliphatic rings. The highest BCUT2D eigenvalue weighted by atomic mass is 79.9. The third-order valence-corrected chi connectivity index (χ3v) is 2.88. The van der Waals surface area contributed by atoms with E-state index in [2.05, 4.69) is 26.2 Å². The summed E-state index contributed by atoms with van der Waals surface area (Å²) >= 11 is 3.17. The number of aromatic nitrogens is 2. The molecule has 0 saturated carbocycles. The van der Waals surface area contributed by atoms with Crippen LogP contribution in [-0.4, -0.2) is 35.4 Å². The molecule has 0 fully saturated rings. The van der Waals surface area contributed by atoms with E-state index in [1.807, 2.05) is 13.8 Å². The molecule has 0 saturated heterocycles. The summed E-state index contributed by atoms with van der Waals surface area (Å²) in [5.41, 5.74) is -0.0464. The average Bonchev–Trinajstić information content (AvgIpc) is 2.32. The molecule has 1 aromatic heterocycles. The fraction of sp³-hybridized carbons (Fsp3) is 0.667. The number of rotatable bonds is 8. The van der Waals surface area contributed by atoms with Crippen LogP contribution in [0, 0.1) is 0 Å². The van der Waals surface area contributed by atoms with Crippen LogP contribution in [0.3, 0.4) is 0 Å². The molecular formula is C12H20BrN3O2. The van der Waals surface area contributed by atoms with Gasteiger partial charge in [0.1, 0.15) is 4.47 Å². The highest BCUT2D eigenvalue weighted by molar-refractivity contribution is 9.10. The van der Waals surface area contributed by atoms with E-state index in [1.165, 1.54) is 6.20 Å². The maximum Gasteiger partial charge on any atom is 0.267 e. The van der Waals surface area contributed by atoms with Crippen LogP contribution < -0.4 is 10.9 Å². The van der Waals surface area contributed by atoms with Crippen LogP contribution >= 0.6 is 15.9 Å². The summed E-state index contributed by atoms with van der Waals surface area (Å²) in [7, 11) is 0. The Labute approximate surface area is 116 Å². The Morgan fingerprint density at radius 2 is 2.28 bits per heavy atom. The maximum absolute atomic E-state index is 11.6. The van der Waals surface area contributed by atoms with Gasteiger partial charge in [-0.15, -0.1) is 0 Å². The molecule has 1 aromatic rings. The van der Waals surface area contributed by atoms with Crippen LogP contribution in [0.1, 0.15) is 20.3 Å². The molecule has 0 spiro atoms. The van der Waals surface area contributed by atoms with E-state index in [0.717, 1.165) is 26.1 Å². The second-order valence-corrected chi connectivity index (χ2v) is 5.12. The fourth-order valence-corrected chi connectivity index (χ4v) is 1.77. The first-order chi connectivity index (χ1) is 8.61. The number of nitrogens with zero attached hydrogens (tertiary/aromatic N) is 2. The van der Waals surface area contributed by atoms with Gasteiger partial charge >= 0.3 is 0 Å². The molecule has 0 aromatic carbocycles. The summed E-state index contributed by atoms with van der Waals surface area (Å²) in [6, 6.07) is 0. The molecular weight excluding hydrogens is 298 g/mol. The molecule has 1 rings (SSSR count). The van der Waals surface area contributed by atoms with Gasteiger partial charge in [-0.05, 0) is 42.7 Å². The quantitative estimate of drug-likeness (QED) is 0.737. The van der Waals surface area contributed by atoms with Gasteiger partial charge in [0, 0.05) is 25.9 Å². The first-order valence-corrected chi connectivity index (χ1v) is 6.93. The van der Waals surface area contributed by atoms with E-state index in [1.54, 1.807) is 10.9 Å². The number of hydrogen-bond donors (Lipinski definition) is 1. The normalized spacial score (nSPS) is 11.1. The predicted octanol–water partition coefficient (Wildman–Crippen LogP) is 1.41. The Morgan fingerprint density at radius 3 is 3.00 bits per heavy atom. The van der Waals surface area contributed by atoms with Crippen LogP contribution in [-0.2, 0) is 11.3 Å². The Hall–Kier alpha value is -0.720. The molecule has 0 amide bonds. The molecule has 0 radical (unpaired) electrons. The van der Waals surface area contributed by atoms with Crippen LogP contribution in [0.2, 0.25) is 0 Å². The lowest BCUT2D eigenvalue weighted by atomic mass is 10.4. The summed E-state index contributed by atoms with van der Waals surface area (Å²) in [6.07, 6.45) is 4.33. The monoisotopic (exact) mass is 317 g/mol. The van der Waals surface area contributed by atoms with Crippen molar-refractivity contribution in [1.29, 1.82) is 0 Å². The molecule has 1 heterocycles. The zero-order valence-electron chi connectivity index (χ0n) is 10.9. The Balaban J connectivity index is 2.15. The first kappa shape index (κ1) is 15.3. The van der Waals surface area contributed by atoms with Crippen molar-refractivity contribution in [3.63, 3.8) is 0 Å². The predicted molar refractivity (Wildman–Crippen MR) is 74.8 cm³/mol. The van der Waals surface area contributed by atoms with Gasteiger partial charge in [0.25, 0.3) is 5.56 Å². The van der Waals surface area contributed by atoms with Gasteiger partial charge in [-0.2, -0.15) is 0 Å². The lowest BCUT2D eigenvalue weighted by Gasteiger charge is -2.09. The van der Waals surface area contributed by atoms with Gasteiger partial charge in [-0.25, -0.2) is 4.98 Å². The number of hydrogen-bond acceptors (Lipinski definition) is 4. The van der Waals surface area contributed by atoms with Crippen molar-refractivity contribution in [2.75, 3.05) is 19.7 Å². The average molecular weight is 318 g/mol. The Morgan fingerprint density at radius 1 is 1.50 bits per heavy atom. The lowest BCUT2D eigenvalue weighted by Crippen LogP contribution is -2.28. The molecule has 5 nitrogen and oxygen atoms in total. The van der Waals surface area contributed by atoms with Crippen molar-refractivity contribution in [2.24, 2.45) is 0 Å². The molecule has 0 aliphatic heterocycles. The zero-order chi connectivity index (χ0) is 13.4. The number of halogens is 1. The highest BCUT2D eigenvalue weighted by Gasteiger charge is 2.00. The van der Waals surface area contributed by atoms with Gasteiger partial charge < -0.3 is 10.1 Å². The van der Waals surface area contributed by atoms with E-state index in [4.69, 9.17) is 4.74 Å². The SMILES string of the molecule is CC(C)OCCCNCCn1cncc(Br)c1=O. The van der Waals surface area contributed by atoms with Gasteiger partial charge in [-0.1, -0.05) is 0 Å². The highest BCUT2D eigenvalue weighted by Crippen LogP contribution is 1.97. The van der Waals surface area contributed by atoms with Crippen molar-refractivity contribution in [3.8, 4) is 0 Å². The molecule has 0 bridgehead atoms. The molecule has 18 heavy (non-hydrogen) atoms. The molecule has 0 aliphatic carbocycles. The molecule has 0 atom stereocenters. The maximum atomic E-state index is 11.6. The largest absolute Gasteiger partial charge is 0.379 e. The summed E-state index contributed by atoms with van der Waals surface area (Å²) < 4.78 is 7.51. The fourth-order valence-electron chi connectivity index (χ4n) is 1.42. The number of nitrogens with one attached hydrogen (secondary N) is 1. The van der Waals surface area contributed by atoms with Crippen LogP contribution in [0.5, 0.6) is 0 Å². The summed E-state index contributed by atoms with van der Waals surface area (Å²) in [6.45, 7) is 7.09. The second-order valence-electron chi connectivity index (χ2n) is 4.26. The third-order valence-electron chi connectivity index (χ3n) is 2.34. The summed E-state index contributed by atoms with van der Waals surface area (Å²) in [4.78, 5) is 15.6. The lowest BCUT2D eigenvalue weighted by molar-refractivity contribution is 0.0771. The van der Waals surface area contributed by atoms with E-state index < -0.39 is 0 Å². The topological polar surface area (TPSA) is 56.1 Å². The summed E-state index contributed by atoms with van der Waals surface area (Å²) in [5, 5.41) is 3.27. The third kappa shape index (κ3) is 5.75. The van der Waals surface area contributed by atoms with E-state index in [-0.39, 0.29) is 11.7 Å². The summed E-state index contributed by atoms with van der Waals surface area (Å²) in [5.74, 6) is 0. The van der Waals surface area contributed by atoms with Crippen LogP contribution in [0.4, 0.5) is 0 Å². The molecule has 102 valence electrons. The van der Waals surface area contributed by atoms with Gasteiger partial charge in [0.05, 0.1) is 12.4 Å². The van der Waals surface area contributed by atoms with E-state index >= 15 is 0 Å². The Kier molecular flexibility index (Phi) is 7.15. The van der Waals surface area contributed by atoms with Crippen molar-refractivity contribution >= 4 is 15.9 Å². The van der Waals surface area contributed by atoms with E-state index in [0.29, 0.717) is 11.0 Å². The van der Waals surface area contributed by atoms with Crippen molar-refractivity contribution < 1.29 is 4.74 Å². The molecule has 1 N–H and O–H groups in total. The molecule has 6 heteroatoms. The second kappa shape index (κ2) is 8.39. The first-order valence-electron chi connectivity index (χ1n) is 6.13. The minimum Gasteiger partial charge on any atom is -0.379 e. The van der Waals surface area contributed by atoms with Crippen LogP contribution in [0.25, 0.3) is 0 Å². The van der Waals surface area contributed by atoms with Gasteiger partial charge in [0.15, 0.2) is 0 Å². The van der Waals surface area contributed by atoms with Crippen LogP contribution in [0.15, 0.2) is 21.8 Å². The minimum atomic E-state index is -0.0464. The van der Waals surface area contributed by atoms with Crippen molar-refractivity contribution in [3.05, 3.63) is 27.4 Å².